The molecule has 4 rings (SSSR count). The van der Waals surface area contributed by atoms with Crippen LogP contribution < -0.4 is 9.47 Å². The van der Waals surface area contributed by atoms with Crippen LogP contribution >= 0.6 is 0 Å². The molecular weight excluding hydrogens is 420 g/mol. The van der Waals surface area contributed by atoms with E-state index >= 15 is 0 Å². The van der Waals surface area contributed by atoms with Crippen LogP contribution in [0.5, 0.6) is 11.5 Å². The van der Waals surface area contributed by atoms with Gasteiger partial charge in [0.2, 0.25) is 0 Å². The first-order chi connectivity index (χ1) is 16.0. The fraction of sp³-hybridized carbons (Fsp3) is 0.192. The van der Waals surface area contributed by atoms with Crippen LogP contribution in [-0.4, -0.2) is 40.4 Å². The molecule has 0 unspecified atom stereocenters. The number of aliphatic hydroxyl groups is 1. The lowest BCUT2D eigenvalue weighted by Gasteiger charge is -2.26. The number of hydrogen-bond donors (Lipinski definition) is 1. The van der Waals surface area contributed by atoms with Crippen molar-refractivity contribution in [2.45, 2.75) is 19.5 Å². The smallest absolute Gasteiger partial charge is 0.295 e. The zero-order valence-electron chi connectivity index (χ0n) is 18.4. The Bertz CT molecular complexity index is 1190. The second-order valence-electron chi connectivity index (χ2n) is 7.50. The number of pyridine rings is 1. The van der Waals surface area contributed by atoms with Crippen LogP contribution in [0.25, 0.3) is 5.76 Å². The number of hydrogen-bond acceptors (Lipinski definition) is 6. The molecule has 2 aromatic carbocycles. The number of rotatable bonds is 7. The number of amides is 1. The van der Waals surface area contributed by atoms with E-state index in [0.29, 0.717) is 29.2 Å². The van der Waals surface area contributed by atoms with E-state index in [1.54, 1.807) is 60.9 Å². The van der Waals surface area contributed by atoms with E-state index in [1.165, 1.54) is 12.0 Å². The number of methoxy groups -OCH3 is 1. The minimum absolute atomic E-state index is 0.0290. The summed E-state index contributed by atoms with van der Waals surface area (Å²) in [5.74, 6) is -0.621. The molecule has 0 saturated carbocycles. The highest BCUT2D eigenvalue weighted by molar-refractivity contribution is 6.46. The number of benzene rings is 2. The average molecular weight is 444 g/mol. The third-order valence-corrected chi connectivity index (χ3v) is 5.47. The molecule has 1 N–H and O–H groups in total. The number of Topliss-reactive ketones (excluding diaryl/α,β-unsaturated/α-hetero) is 1. The molecular formula is C26H24N2O5. The van der Waals surface area contributed by atoms with Crippen molar-refractivity contribution < 1.29 is 24.2 Å². The number of aromatic nitrogens is 1. The summed E-state index contributed by atoms with van der Waals surface area (Å²) in [6, 6.07) is 16.8. The van der Waals surface area contributed by atoms with Gasteiger partial charge in [-0.05, 0) is 36.2 Å². The third kappa shape index (κ3) is 4.30. The molecule has 0 aliphatic carbocycles. The first kappa shape index (κ1) is 22.1. The zero-order valence-corrected chi connectivity index (χ0v) is 18.4. The molecule has 168 valence electrons. The summed E-state index contributed by atoms with van der Waals surface area (Å²) in [7, 11) is 1.53. The van der Waals surface area contributed by atoms with Crippen LogP contribution in [0.1, 0.15) is 29.7 Å². The first-order valence-electron chi connectivity index (χ1n) is 10.6. The van der Waals surface area contributed by atoms with E-state index in [-0.39, 0.29) is 17.9 Å². The summed E-state index contributed by atoms with van der Waals surface area (Å²) in [5, 5.41) is 11.1. The lowest BCUT2D eigenvalue weighted by atomic mass is 9.95. The highest BCUT2D eigenvalue weighted by Crippen LogP contribution is 2.42. The van der Waals surface area contributed by atoms with Crippen molar-refractivity contribution in [3.05, 3.63) is 95.3 Å². The second kappa shape index (κ2) is 9.56. The molecule has 1 aromatic heterocycles. The van der Waals surface area contributed by atoms with Gasteiger partial charge in [0.1, 0.15) is 5.76 Å². The normalized spacial score (nSPS) is 17.3. The molecule has 2 heterocycles. The molecule has 1 amide bonds. The largest absolute Gasteiger partial charge is 0.507 e. The Balaban J connectivity index is 1.87. The van der Waals surface area contributed by atoms with E-state index < -0.39 is 17.7 Å². The third-order valence-electron chi connectivity index (χ3n) is 5.47. The van der Waals surface area contributed by atoms with Crippen molar-refractivity contribution in [3.8, 4) is 11.5 Å². The quantitative estimate of drug-likeness (QED) is 0.335. The van der Waals surface area contributed by atoms with Crippen LogP contribution in [0.3, 0.4) is 0 Å². The molecule has 1 aliphatic heterocycles. The van der Waals surface area contributed by atoms with Crippen molar-refractivity contribution in [1.82, 2.24) is 9.88 Å². The van der Waals surface area contributed by atoms with Gasteiger partial charge in [0.05, 0.1) is 25.3 Å². The van der Waals surface area contributed by atoms with Crippen molar-refractivity contribution in [2.75, 3.05) is 13.7 Å². The van der Waals surface area contributed by atoms with Gasteiger partial charge in [-0.15, -0.1) is 0 Å². The highest BCUT2D eigenvalue weighted by Gasteiger charge is 2.46. The fourth-order valence-electron chi connectivity index (χ4n) is 3.96. The zero-order chi connectivity index (χ0) is 23.4. The monoisotopic (exact) mass is 444 g/mol. The van der Waals surface area contributed by atoms with Gasteiger partial charge in [0.15, 0.2) is 11.5 Å². The second-order valence-corrected chi connectivity index (χ2v) is 7.50. The number of nitrogens with zero attached hydrogens (tertiary/aromatic N) is 2. The summed E-state index contributed by atoms with van der Waals surface area (Å²) in [5.41, 5.74) is 1.87. The van der Waals surface area contributed by atoms with Gasteiger partial charge < -0.3 is 19.5 Å². The van der Waals surface area contributed by atoms with Gasteiger partial charge in [0.25, 0.3) is 11.7 Å². The van der Waals surface area contributed by atoms with Crippen LogP contribution in [-0.2, 0) is 16.1 Å². The molecule has 33 heavy (non-hydrogen) atoms. The van der Waals surface area contributed by atoms with E-state index in [2.05, 4.69) is 4.98 Å². The molecule has 7 heteroatoms. The number of carbonyl (C=O) groups excluding carboxylic acids is 2. The maximum atomic E-state index is 13.1. The number of carbonyl (C=O) groups is 2. The lowest BCUT2D eigenvalue weighted by Crippen LogP contribution is -2.29. The van der Waals surface area contributed by atoms with Crippen LogP contribution in [0.4, 0.5) is 0 Å². The molecule has 1 aliphatic rings. The number of ketones is 1. The van der Waals surface area contributed by atoms with E-state index in [4.69, 9.17) is 9.47 Å². The molecule has 1 saturated heterocycles. The standard InChI is InChI=1S/C26H24N2O5/c1-3-33-20-12-11-19(14-21(20)32-2)23-22(24(29)18-9-5-4-6-10-18)25(30)26(31)28(23)16-17-8-7-13-27-15-17/h4-15,23,29H,3,16H2,1-2H3/b24-22+/t23-/m0/s1. The molecule has 0 spiro atoms. The van der Waals surface area contributed by atoms with E-state index in [1.807, 2.05) is 19.1 Å². The van der Waals surface area contributed by atoms with Gasteiger partial charge in [-0.1, -0.05) is 42.5 Å². The van der Waals surface area contributed by atoms with Crippen molar-refractivity contribution in [3.63, 3.8) is 0 Å². The summed E-state index contributed by atoms with van der Waals surface area (Å²) in [4.78, 5) is 31.8. The number of ether oxygens (including phenoxy) is 2. The highest BCUT2D eigenvalue weighted by atomic mass is 16.5. The number of aliphatic hydroxyl groups excluding tert-OH is 1. The number of likely N-dealkylation sites (tertiary alicyclic amines) is 1. The van der Waals surface area contributed by atoms with E-state index in [9.17, 15) is 14.7 Å². The summed E-state index contributed by atoms with van der Waals surface area (Å²) in [6.07, 6.45) is 3.29. The van der Waals surface area contributed by atoms with Crippen LogP contribution in [0, 0.1) is 0 Å². The Kier molecular flexibility index (Phi) is 6.40. The molecule has 1 fully saturated rings. The van der Waals surface area contributed by atoms with Crippen molar-refractivity contribution in [2.24, 2.45) is 0 Å². The predicted molar refractivity (Wildman–Crippen MR) is 123 cm³/mol. The fourth-order valence-corrected chi connectivity index (χ4v) is 3.96. The molecule has 3 aromatic rings. The maximum absolute atomic E-state index is 13.1. The summed E-state index contributed by atoms with van der Waals surface area (Å²) < 4.78 is 11.1. The molecule has 0 bridgehead atoms. The minimum atomic E-state index is -0.810. The Hall–Kier alpha value is -4.13. The lowest BCUT2D eigenvalue weighted by molar-refractivity contribution is -0.140. The SMILES string of the molecule is CCOc1ccc([C@H]2/C(=C(\O)c3ccccc3)C(=O)C(=O)N2Cc2cccnc2)cc1OC. The maximum Gasteiger partial charge on any atom is 0.295 e. The summed E-state index contributed by atoms with van der Waals surface area (Å²) in [6.45, 7) is 2.49. The Morgan fingerprint density at radius 1 is 1.06 bits per heavy atom. The molecule has 1 atom stereocenters. The van der Waals surface area contributed by atoms with Crippen LogP contribution in [0.15, 0.2) is 78.6 Å². The Morgan fingerprint density at radius 2 is 1.85 bits per heavy atom. The molecule has 0 radical (unpaired) electrons. The Labute approximate surface area is 191 Å². The first-order valence-corrected chi connectivity index (χ1v) is 10.6. The van der Waals surface area contributed by atoms with Crippen LogP contribution in [0.2, 0.25) is 0 Å². The molecule has 7 nitrogen and oxygen atoms in total. The Morgan fingerprint density at radius 3 is 2.52 bits per heavy atom. The summed E-state index contributed by atoms with van der Waals surface area (Å²) >= 11 is 0. The van der Waals surface area contributed by atoms with Gasteiger partial charge >= 0.3 is 0 Å². The topological polar surface area (TPSA) is 89.0 Å². The van der Waals surface area contributed by atoms with Gasteiger partial charge in [-0.3, -0.25) is 14.6 Å². The van der Waals surface area contributed by atoms with Gasteiger partial charge in [-0.25, -0.2) is 0 Å². The minimum Gasteiger partial charge on any atom is -0.507 e. The average Bonchev–Trinajstić information content (AvgIpc) is 3.10. The van der Waals surface area contributed by atoms with E-state index in [0.717, 1.165) is 5.56 Å². The van der Waals surface area contributed by atoms with Gasteiger partial charge in [0, 0.05) is 24.5 Å². The predicted octanol–water partition coefficient (Wildman–Crippen LogP) is 4.11. The van der Waals surface area contributed by atoms with Gasteiger partial charge in [-0.2, -0.15) is 0 Å². The van der Waals surface area contributed by atoms with Crippen molar-refractivity contribution >= 4 is 17.4 Å². The van der Waals surface area contributed by atoms with Crippen molar-refractivity contribution in [1.29, 1.82) is 0 Å².